The van der Waals surface area contributed by atoms with E-state index in [0.29, 0.717) is 30.2 Å². The highest BCUT2D eigenvalue weighted by atomic mass is 16.5. The maximum absolute atomic E-state index is 11.2. The number of benzene rings is 1. The normalized spacial score (nSPS) is 11.9. The van der Waals surface area contributed by atoms with Crippen LogP contribution in [0.15, 0.2) is 24.3 Å². The molecule has 5 heteroatoms. The summed E-state index contributed by atoms with van der Waals surface area (Å²) in [6.45, 7) is 7.83. The van der Waals surface area contributed by atoms with Gasteiger partial charge in [-0.1, -0.05) is 31.9 Å². The zero-order chi connectivity index (χ0) is 18.6. The summed E-state index contributed by atoms with van der Waals surface area (Å²) < 4.78 is 4.79. The van der Waals surface area contributed by atoms with Gasteiger partial charge in [-0.15, -0.1) is 0 Å². The summed E-state index contributed by atoms with van der Waals surface area (Å²) >= 11 is 0. The zero-order valence-corrected chi connectivity index (χ0v) is 15.2. The fraction of sp³-hybridized carbons (Fsp3) is 0.579. The van der Waals surface area contributed by atoms with Crippen molar-refractivity contribution in [1.29, 1.82) is 0 Å². The van der Waals surface area contributed by atoms with E-state index in [1.54, 1.807) is 31.2 Å². The number of esters is 1. The predicted molar refractivity (Wildman–Crippen MR) is 96.8 cm³/mol. The summed E-state index contributed by atoms with van der Waals surface area (Å²) in [4.78, 5) is 21.3. The molecule has 0 saturated carbocycles. The Bertz CT molecular complexity index is 494. The maximum Gasteiger partial charge on any atom is 0.340 e. The van der Waals surface area contributed by atoms with Crippen LogP contribution in [0.3, 0.4) is 0 Å². The molecule has 5 nitrogen and oxygen atoms in total. The van der Waals surface area contributed by atoms with E-state index in [4.69, 9.17) is 10.5 Å². The van der Waals surface area contributed by atoms with Crippen LogP contribution in [0.2, 0.25) is 0 Å². The molecule has 3 N–H and O–H groups in total. The number of hydrogen-bond acceptors (Lipinski definition) is 5. The SMILES string of the molecule is CC(CC=O)CCCC(C)(C)O.CCOC(=O)c1ccccc1N. The average Bonchev–Trinajstić information content (AvgIpc) is 2.47. The van der Waals surface area contributed by atoms with Crippen LogP contribution in [-0.2, 0) is 9.53 Å². The summed E-state index contributed by atoms with van der Waals surface area (Å²) in [5.74, 6) is 0.0976. The molecule has 24 heavy (non-hydrogen) atoms. The van der Waals surface area contributed by atoms with Gasteiger partial charge in [0.25, 0.3) is 0 Å². The molecule has 1 aromatic carbocycles. The van der Waals surface area contributed by atoms with Crippen molar-refractivity contribution >= 4 is 17.9 Å². The monoisotopic (exact) mass is 337 g/mol. The summed E-state index contributed by atoms with van der Waals surface area (Å²) in [6.07, 6.45) is 4.46. The maximum atomic E-state index is 11.2. The van der Waals surface area contributed by atoms with Crippen LogP contribution in [-0.4, -0.2) is 29.6 Å². The lowest BCUT2D eigenvalue weighted by Crippen LogP contribution is -2.18. The molecule has 0 radical (unpaired) electrons. The second-order valence-electron chi connectivity index (χ2n) is 6.52. The van der Waals surface area contributed by atoms with Crippen molar-refractivity contribution in [1.82, 2.24) is 0 Å². The van der Waals surface area contributed by atoms with Gasteiger partial charge in [-0.3, -0.25) is 0 Å². The second kappa shape index (κ2) is 11.6. The van der Waals surface area contributed by atoms with Crippen molar-refractivity contribution in [3.63, 3.8) is 0 Å². The number of para-hydroxylation sites is 1. The standard InChI is InChI=1S/C10H20O2.C9H11NO2/c1-9(6-8-11)5-4-7-10(2,3)12;1-2-12-9(11)7-5-3-4-6-8(7)10/h8-9,12H,4-7H2,1-3H3;3-6H,2,10H2,1H3. The molecule has 0 amide bonds. The van der Waals surface area contributed by atoms with Gasteiger partial charge in [0, 0.05) is 12.1 Å². The van der Waals surface area contributed by atoms with E-state index in [0.717, 1.165) is 25.5 Å². The molecule has 0 fully saturated rings. The van der Waals surface area contributed by atoms with E-state index in [9.17, 15) is 14.7 Å². The molecule has 0 bridgehead atoms. The van der Waals surface area contributed by atoms with Crippen molar-refractivity contribution in [2.75, 3.05) is 12.3 Å². The first-order valence-corrected chi connectivity index (χ1v) is 8.39. The summed E-state index contributed by atoms with van der Waals surface area (Å²) in [5.41, 5.74) is 5.88. The van der Waals surface area contributed by atoms with Gasteiger partial charge in [0.15, 0.2) is 0 Å². The van der Waals surface area contributed by atoms with E-state index >= 15 is 0 Å². The molecule has 1 unspecified atom stereocenters. The summed E-state index contributed by atoms with van der Waals surface area (Å²) in [6, 6.07) is 6.85. The van der Waals surface area contributed by atoms with Crippen molar-refractivity contribution < 1.29 is 19.4 Å². The topological polar surface area (TPSA) is 89.6 Å². The number of aliphatic hydroxyl groups is 1. The number of hydrogen-bond donors (Lipinski definition) is 2. The van der Waals surface area contributed by atoms with Crippen LogP contribution in [0.5, 0.6) is 0 Å². The zero-order valence-electron chi connectivity index (χ0n) is 15.2. The quantitative estimate of drug-likeness (QED) is 0.430. The van der Waals surface area contributed by atoms with Crippen LogP contribution in [0.4, 0.5) is 5.69 Å². The van der Waals surface area contributed by atoms with Crippen molar-refractivity contribution in [3.8, 4) is 0 Å². The molecule has 1 aromatic rings. The fourth-order valence-electron chi connectivity index (χ4n) is 2.06. The molecule has 0 aliphatic heterocycles. The second-order valence-corrected chi connectivity index (χ2v) is 6.52. The third-order valence-electron chi connectivity index (χ3n) is 3.44. The molecule has 136 valence electrons. The summed E-state index contributed by atoms with van der Waals surface area (Å²) in [7, 11) is 0. The Morgan fingerprint density at radius 1 is 1.38 bits per heavy atom. The molecule has 0 aliphatic rings. The van der Waals surface area contributed by atoms with Crippen LogP contribution >= 0.6 is 0 Å². The lowest BCUT2D eigenvalue weighted by Gasteiger charge is -2.17. The molecular weight excluding hydrogens is 306 g/mol. The number of rotatable bonds is 8. The van der Waals surface area contributed by atoms with Gasteiger partial charge in [0.05, 0.1) is 17.8 Å². The molecule has 0 aliphatic carbocycles. The number of anilines is 1. The average molecular weight is 337 g/mol. The molecule has 1 atom stereocenters. The minimum Gasteiger partial charge on any atom is -0.462 e. The minimum absolute atomic E-state index is 0.365. The van der Waals surface area contributed by atoms with Gasteiger partial charge in [-0.25, -0.2) is 4.79 Å². The van der Waals surface area contributed by atoms with E-state index in [1.807, 2.05) is 13.8 Å². The fourth-order valence-corrected chi connectivity index (χ4v) is 2.06. The first kappa shape index (κ1) is 22.1. The molecule has 0 heterocycles. The van der Waals surface area contributed by atoms with E-state index in [-0.39, 0.29) is 5.97 Å². The predicted octanol–water partition coefficient (Wildman–Crippen LogP) is 3.60. The van der Waals surface area contributed by atoms with Crippen LogP contribution in [0.1, 0.15) is 63.7 Å². The van der Waals surface area contributed by atoms with E-state index in [2.05, 4.69) is 6.92 Å². The van der Waals surface area contributed by atoms with E-state index < -0.39 is 5.60 Å². The van der Waals surface area contributed by atoms with Gasteiger partial charge in [0.2, 0.25) is 0 Å². The number of ether oxygens (including phenoxy) is 1. The van der Waals surface area contributed by atoms with Gasteiger partial charge >= 0.3 is 5.97 Å². The Balaban J connectivity index is 0.000000441. The number of nitrogens with two attached hydrogens (primary N) is 1. The van der Waals surface area contributed by atoms with Crippen LogP contribution in [0.25, 0.3) is 0 Å². The molecule has 0 aromatic heterocycles. The molecule has 0 spiro atoms. The first-order valence-electron chi connectivity index (χ1n) is 8.39. The lowest BCUT2D eigenvalue weighted by molar-refractivity contribution is -0.108. The van der Waals surface area contributed by atoms with Crippen molar-refractivity contribution in [2.45, 2.75) is 59.0 Å². The van der Waals surface area contributed by atoms with Gasteiger partial charge in [-0.05, 0) is 45.2 Å². The van der Waals surface area contributed by atoms with Crippen molar-refractivity contribution in [3.05, 3.63) is 29.8 Å². The third-order valence-corrected chi connectivity index (χ3v) is 3.44. The van der Waals surface area contributed by atoms with Gasteiger partial charge in [-0.2, -0.15) is 0 Å². The smallest absolute Gasteiger partial charge is 0.340 e. The highest BCUT2D eigenvalue weighted by Gasteiger charge is 2.12. The first-order chi connectivity index (χ1) is 11.2. The molecular formula is C19H31NO4. The Hall–Kier alpha value is -1.88. The summed E-state index contributed by atoms with van der Waals surface area (Å²) in [5, 5.41) is 9.39. The minimum atomic E-state index is -0.555. The van der Waals surface area contributed by atoms with Gasteiger partial charge in [0.1, 0.15) is 6.29 Å². The lowest BCUT2D eigenvalue weighted by atomic mass is 9.96. The molecule has 0 saturated heterocycles. The molecule has 1 rings (SSSR count). The van der Waals surface area contributed by atoms with E-state index in [1.165, 1.54) is 0 Å². The third kappa shape index (κ3) is 10.8. The Morgan fingerprint density at radius 3 is 2.50 bits per heavy atom. The van der Waals surface area contributed by atoms with Crippen molar-refractivity contribution in [2.24, 2.45) is 5.92 Å². The number of carbonyl (C=O) groups is 2. The highest BCUT2D eigenvalue weighted by Crippen LogP contribution is 2.16. The number of nitrogen functional groups attached to an aromatic ring is 1. The number of carbonyl (C=O) groups excluding carboxylic acids is 2. The highest BCUT2D eigenvalue weighted by molar-refractivity contribution is 5.94. The Kier molecular flexibility index (Phi) is 10.7. The largest absolute Gasteiger partial charge is 0.462 e. The number of aldehydes is 1. The Labute approximate surface area is 145 Å². The Morgan fingerprint density at radius 2 is 2.00 bits per heavy atom. The van der Waals surface area contributed by atoms with Crippen LogP contribution in [0, 0.1) is 5.92 Å². The van der Waals surface area contributed by atoms with Crippen LogP contribution < -0.4 is 5.73 Å². The van der Waals surface area contributed by atoms with Gasteiger partial charge < -0.3 is 20.4 Å².